The Balaban J connectivity index is 1.46. The van der Waals surface area contributed by atoms with E-state index in [1.54, 1.807) is 14.2 Å². The minimum Gasteiger partial charge on any atom is -0.497 e. The molecule has 2 aromatic rings. The summed E-state index contributed by atoms with van der Waals surface area (Å²) in [5, 5.41) is 10.5. The van der Waals surface area contributed by atoms with Crippen LogP contribution in [-0.4, -0.2) is 60.0 Å². The number of nitrogens with zero attached hydrogens (tertiary/aromatic N) is 3. The van der Waals surface area contributed by atoms with Crippen LogP contribution in [0.15, 0.2) is 24.3 Å². The number of benzene rings is 1. The highest BCUT2D eigenvalue weighted by Gasteiger charge is 2.53. The van der Waals surface area contributed by atoms with Gasteiger partial charge in [-0.25, -0.2) is 9.78 Å². The number of likely N-dealkylation sites (tertiary alicyclic amines) is 1. The SMILES string of the molecule is COCCc1nc(C2CN(C(=O)Nc3cccc(OC)c3)CC23CCC3)n[nH]1. The van der Waals surface area contributed by atoms with Gasteiger partial charge in [0.1, 0.15) is 11.6 Å². The molecule has 8 nitrogen and oxygen atoms in total. The second kappa shape index (κ2) is 7.79. The van der Waals surface area contributed by atoms with Crippen LogP contribution in [0.1, 0.15) is 36.8 Å². The van der Waals surface area contributed by atoms with Gasteiger partial charge in [0, 0.05) is 44.3 Å². The molecule has 1 aromatic heterocycles. The lowest BCUT2D eigenvalue weighted by Crippen LogP contribution is -2.39. The monoisotopic (exact) mass is 385 g/mol. The topological polar surface area (TPSA) is 92.4 Å². The molecular formula is C20H27N5O3. The fourth-order valence-corrected chi connectivity index (χ4v) is 4.30. The molecule has 2 N–H and O–H groups in total. The van der Waals surface area contributed by atoms with Crippen molar-refractivity contribution in [2.45, 2.75) is 31.6 Å². The Morgan fingerprint density at radius 1 is 1.39 bits per heavy atom. The molecule has 1 aromatic carbocycles. The highest BCUT2D eigenvalue weighted by Crippen LogP contribution is 2.55. The number of ether oxygens (including phenoxy) is 2. The van der Waals surface area contributed by atoms with Crippen molar-refractivity contribution in [3.63, 3.8) is 0 Å². The molecule has 4 rings (SSSR count). The quantitative estimate of drug-likeness (QED) is 0.798. The van der Waals surface area contributed by atoms with Gasteiger partial charge in [0.15, 0.2) is 5.82 Å². The standard InChI is InChI=1S/C20H27N5O3/c1-27-10-7-17-22-18(24-23-17)16-12-25(13-20(16)8-4-9-20)19(26)21-14-5-3-6-15(11-14)28-2/h3,5-6,11,16H,4,7-10,12-13H2,1-2H3,(H,21,26)(H,22,23,24). The van der Waals surface area contributed by atoms with Crippen molar-refractivity contribution in [3.05, 3.63) is 35.9 Å². The van der Waals surface area contributed by atoms with Crippen molar-refractivity contribution >= 4 is 11.7 Å². The van der Waals surface area contributed by atoms with Gasteiger partial charge in [-0.15, -0.1) is 0 Å². The average Bonchev–Trinajstić information content (AvgIpc) is 3.31. The summed E-state index contributed by atoms with van der Waals surface area (Å²) in [4.78, 5) is 19.5. The Hall–Kier alpha value is -2.61. The molecule has 1 saturated heterocycles. The summed E-state index contributed by atoms with van der Waals surface area (Å²) >= 11 is 0. The molecule has 1 spiro atoms. The molecule has 2 heterocycles. The smallest absolute Gasteiger partial charge is 0.321 e. The summed E-state index contributed by atoms with van der Waals surface area (Å²) in [5.74, 6) is 2.55. The van der Waals surface area contributed by atoms with Crippen LogP contribution in [0.25, 0.3) is 0 Å². The van der Waals surface area contributed by atoms with Crippen molar-refractivity contribution < 1.29 is 14.3 Å². The number of hydrogen-bond donors (Lipinski definition) is 2. The number of carbonyl (C=O) groups excluding carboxylic acids is 1. The predicted octanol–water partition coefficient (Wildman–Crippen LogP) is 2.80. The first-order chi connectivity index (χ1) is 13.6. The number of amides is 2. The number of H-pyrrole nitrogens is 1. The maximum atomic E-state index is 12.9. The number of carbonyl (C=O) groups is 1. The van der Waals surface area contributed by atoms with Gasteiger partial charge in [0.2, 0.25) is 0 Å². The summed E-state index contributed by atoms with van der Waals surface area (Å²) < 4.78 is 10.4. The molecule has 28 heavy (non-hydrogen) atoms. The Kier molecular flexibility index (Phi) is 5.21. The number of aromatic amines is 1. The van der Waals surface area contributed by atoms with Crippen LogP contribution in [0.4, 0.5) is 10.5 Å². The molecule has 8 heteroatoms. The summed E-state index contributed by atoms with van der Waals surface area (Å²) in [6.45, 7) is 1.99. The maximum absolute atomic E-state index is 12.9. The van der Waals surface area contributed by atoms with Crippen LogP contribution in [0.2, 0.25) is 0 Å². The summed E-state index contributed by atoms with van der Waals surface area (Å²) in [5.41, 5.74) is 0.835. The van der Waals surface area contributed by atoms with Gasteiger partial charge in [0.05, 0.1) is 13.7 Å². The van der Waals surface area contributed by atoms with E-state index in [0.717, 1.165) is 42.5 Å². The van der Waals surface area contributed by atoms with Crippen molar-refractivity contribution in [1.82, 2.24) is 20.1 Å². The van der Waals surface area contributed by atoms with E-state index in [-0.39, 0.29) is 17.4 Å². The van der Waals surface area contributed by atoms with Crippen LogP contribution in [0.5, 0.6) is 5.75 Å². The molecular weight excluding hydrogens is 358 g/mol. The molecule has 1 atom stereocenters. The number of nitrogens with one attached hydrogen (secondary N) is 2. The lowest BCUT2D eigenvalue weighted by atomic mass is 9.62. The average molecular weight is 385 g/mol. The third-order valence-electron chi connectivity index (χ3n) is 6.01. The zero-order valence-electron chi connectivity index (χ0n) is 16.4. The van der Waals surface area contributed by atoms with E-state index in [2.05, 4.69) is 20.5 Å². The normalized spacial score (nSPS) is 20.2. The van der Waals surface area contributed by atoms with Gasteiger partial charge >= 0.3 is 6.03 Å². The van der Waals surface area contributed by atoms with Crippen LogP contribution in [-0.2, 0) is 11.2 Å². The van der Waals surface area contributed by atoms with Crippen LogP contribution >= 0.6 is 0 Å². The second-order valence-corrected chi connectivity index (χ2v) is 7.69. The lowest BCUT2D eigenvalue weighted by molar-refractivity contribution is 0.122. The fourth-order valence-electron chi connectivity index (χ4n) is 4.30. The van der Waals surface area contributed by atoms with Crippen molar-refractivity contribution in [1.29, 1.82) is 0 Å². The Labute approximate surface area is 164 Å². The lowest BCUT2D eigenvalue weighted by Gasteiger charge is -2.41. The molecule has 1 aliphatic carbocycles. The Morgan fingerprint density at radius 2 is 2.25 bits per heavy atom. The third-order valence-corrected chi connectivity index (χ3v) is 6.01. The number of aromatic nitrogens is 3. The van der Waals surface area contributed by atoms with E-state index in [1.165, 1.54) is 6.42 Å². The van der Waals surface area contributed by atoms with Gasteiger partial charge in [-0.05, 0) is 30.4 Å². The Morgan fingerprint density at radius 3 is 2.96 bits per heavy atom. The minimum atomic E-state index is -0.0860. The second-order valence-electron chi connectivity index (χ2n) is 7.69. The van der Waals surface area contributed by atoms with E-state index in [0.29, 0.717) is 19.6 Å². The van der Waals surface area contributed by atoms with Crippen molar-refractivity contribution in [3.8, 4) is 5.75 Å². The summed E-state index contributed by atoms with van der Waals surface area (Å²) in [7, 11) is 3.29. The summed E-state index contributed by atoms with van der Waals surface area (Å²) in [6.07, 6.45) is 4.14. The minimum absolute atomic E-state index is 0.0860. The predicted molar refractivity (Wildman–Crippen MR) is 105 cm³/mol. The van der Waals surface area contributed by atoms with Gasteiger partial charge < -0.3 is 19.7 Å². The largest absolute Gasteiger partial charge is 0.497 e. The molecule has 0 radical (unpaired) electrons. The van der Waals surface area contributed by atoms with E-state index in [4.69, 9.17) is 9.47 Å². The molecule has 2 amide bonds. The first-order valence-corrected chi connectivity index (χ1v) is 9.74. The number of methoxy groups -OCH3 is 2. The van der Waals surface area contributed by atoms with E-state index in [9.17, 15) is 4.79 Å². The highest BCUT2D eigenvalue weighted by atomic mass is 16.5. The zero-order chi connectivity index (χ0) is 19.6. The van der Waals surface area contributed by atoms with Gasteiger partial charge in [0.25, 0.3) is 0 Å². The van der Waals surface area contributed by atoms with Crippen molar-refractivity contribution in [2.75, 3.05) is 39.2 Å². The first-order valence-electron chi connectivity index (χ1n) is 9.74. The third kappa shape index (κ3) is 3.56. The molecule has 150 valence electrons. The zero-order valence-corrected chi connectivity index (χ0v) is 16.4. The van der Waals surface area contributed by atoms with Crippen LogP contribution in [0.3, 0.4) is 0 Å². The fraction of sp³-hybridized carbons (Fsp3) is 0.550. The van der Waals surface area contributed by atoms with Gasteiger partial charge in [-0.3, -0.25) is 5.10 Å². The maximum Gasteiger partial charge on any atom is 0.321 e. The highest BCUT2D eigenvalue weighted by molar-refractivity contribution is 5.89. The molecule has 2 aliphatic rings. The number of urea groups is 1. The molecule has 1 aliphatic heterocycles. The first kappa shape index (κ1) is 18.7. The van der Waals surface area contributed by atoms with E-state index < -0.39 is 0 Å². The number of anilines is 1. The van der Waals surface area contributed by atoms with Crippen LogP contribution < -0.4 is 10.1 Å². The molecule has 1 unspecified atom stereocenters. The summed E-state index contributed by atoms with van der Waals surface area (Å²) in [6, 6.07) is 7.32. The van der Waals surface area contributed by atoms with Crippen molar-refractivity contribution in [2.24, 2.45) is 5.41 Å². The van der Waals surface area contributed by atoms with E-state index in [1.807, 2.05) is 29.2 Å². The Bertz CT molecular complexity index is 833. The van der Waals surface area contributed by atoms with Crippen LogP contribution in [0, 0.1) is 5.41 Å². The van der Waals surface area contributed by atoms with Gasteiger partial charge in [-0.1, -0.05) is 12.5 Å². The van der Waals surface area contributed by atoms with Gasteiger partial charge in [-0.2, -0.15) is 5.10 Å². The van der Waals surface area contributed by atoms with E-state index >= 15 is 0 Å². The molecule has 0 bridgehead atoms. The number of rotatable bonds is 6. The molecule has 2 fully saturated rings. The number of hydrogen-bond acceptors (Lipinski definition) is 5. The molecule has 1 saturated carbocycles.